The number of thioether (sulfide) groups is 1. The van der Waals surface area contributed by atoms with Gasteiger partial charge in [0.2, 0.25) is 0 Å². The molecule has 6 heteroatoms. The molecule has 3 nitrogen and oxygen atoms in total. The highest BCUT2D eigenvalue weighted by Crippen LogP contribution is 2.24. The third-order valence-electron chi connectivity index (χ3n) is 2.81. The molecule has 2 N–H and O–H groups in total. The SMILES string of the molecule is CSc1ccccc1NC(=O)NCc1ccc(Cl)cc1Cl. The first-order valence-corrected chi connectivity index (χ1v) is 8.20. The molecule has 2 rings (SSSR count). The number of carbonyl (C=O) groups excluding carboxylic acids is 1. The van der Waals surface area contributed by atoms with Gasteiger partial charge in [-0.1, -0.05) is 41.4 Å². The molecule has 0 atom stereocenters. The third kappa shape index (κ3) is 4.56. The summed E-state index contributed by atoms with van der Waals surface area (Å²) < 4.78 is 0. The average Bonchev–Trinajstić information content (AvgIpc) is 2.47. The molecule has 0 aliphatic heterocycles. The number of urea groups is 1. The zero-order chi connectivity index (χ0) is 15.2. The van der Waals surface area contributed by atoms with Crippen LogP contribution in [0.25, 0.3) is 0 Å². The Kier molecular flexibility index (Phi) is 5.79. The molecule has 2 aromatic carbocycles. The number of rotatable bonds is 4. The Bertz CT molecular complexity index is 649. The fourth-order valence-corrected chi connectivity index (χ4v) is 2.78. The van der Waals surface area contributed by atoms with Gasteiger partial charge in [-0.25, -0.2) is 4.79 Å². The second-order valence-electron chi connectivity index (χ2n) is 4.24. The lowest BCUT2D eigenvalue weighted by molar-refractivity contribution is 0.251. The van der Waals surface area contributed by atoms with E-state index in [1.165, 1.54) is 0 Å². The maximum Gasteiger partial charge on any atom is 0.319 e. The van der Waals surface area contributed by atoms with Crippen LogP contribution in [0, 0.1) is 0 Å². The van der Waals surface area contributed by atoms with E-state index in [1.54, 1.807) is 30.0 Å². The van der Waals surface area contributed by atoms with Gasteiger partial charge < -0.3 is 10.6 Å². The van der Waals surface area contributed by atoms with E-state index in [0.29, 0.717) is 16.6 Å². The van der Waals surface area contributed by atoms with E-state index >= 15 is 0 Å². The van der Waals surface area contributed by atoms with E-state index in [0.717, 1.165) is 16.1 Å². The first-order valence-electron chi connectivity index (χ1n) is 6.22. The van der Waals surface area contributed by atoms with Gasteiger partial charge in [-0.3, -0.25) is 0 Å². The lowest BCUT2D eigenvalue weighted by Crippen LogP contribution is -2.28. The Morgan fingerprint density at radius 1 is 1.19 bits per heavy atom. The lowest BCUT2D eigenvalue weighted by atomic mass is 10.2. The molecular weight excluding hydrogens is 327 g/mol. The van der Waals surface area contributed by atoms with Crippen molar-refractivity contribution in [1.29, 1.82) is 0 Å². The Labute approximate surface area is 138 Å². The number of halogens is 2. The summed E-state index contributed by atoms with van der Waals surface area (Å²) in [6, 6.07) is 12.5. The maximum absolute atomic E-state index is 11.9. The minimum atomic E-state index is -0.275. The molecule has 0 fully saturated rings. The van der Waals surface area contributed by atoms with Crippen LogP contribution in [-0.2, 0) is 6.54 Å². The number of anilines is 1. The Balaban J connectivity index is 1.96. The fourth-order valence-electron chi connectivity index (χ4n) is 1.75. The van der Waals surface area contributed by atoms with E-state index in [9.17, 15) is 4.79 Å². The molecule has 0 heterocycles. The normalized spacial score (nSPS) is 10.2. The van der Waals surface area contributed by atoms with Crippen LogP contribution in [-0.4, -0.2) is 12.3 Å². The second kappa shape index (κ2) is 7.59. The van der Waals surface area contributed by atoms with Gasteiger partial charge >= 0.3 is 6.03 Å². The van der Waals surface area contributed by atoms with Crippen molar-refractivity contribution < 1.29 is 4.79 Å². The zero-order valence-electron chi connectivity index (χ0n) is 11.3. The number of carbonyl (C=O) groups is 1. The minimum absolute atomic E-state index is 0.275. The Morgan fingerprint density at radius 3 is 2.67 bits per heavy atom. The van der Waals surface area contributed by atoms with Gasteiger partial charge in [0.05, 0.1) is 5.69 Å². The molecule has 2 amide bonds. The molecule has 0 aliphatic carbocycles. The van der Waals surface area contributed by atoms with Crippen molar-refractivity contribution in [2.24, 2.45) is 0 Å². The smallest absolute Gasteiger partial charge is 0.319 e. The number of para-hydroxylation sites is 1. The van der Waals surface area contributed by atoms with E-state index in [1.807, 2.05) is 30.5 Å². The predicted molar refractivity (Wildman–Crippen MR) is 90.5 cm³/mol. The number of nitrogens with one attached hydrogen (secondary N) is 2. The van der Waals surface area contributed by atoms with Crippen LogP contribution in [0.3, 0.4) is 0 Å². The van der Waals surface area contributed by atoms with Gasteiger partial charge in [0.25, 0.3) is 0 Å². The van der Waals surface area contributed by atoms with Crippen molar-refractivity contribution in [2.45, 2.75) is 11.4 Å². The van der Waals surface area contributed by atoms with Gasteiger partial charge in [0.1, 0.15) is 0 Å². The van der Waals surface area contributed by atoms with E-state index < -0.39 is 0 Å². The molecule has 0 unspecified atom stereocenters. The summed E-state index contributed by atoms with van der Waals surface area (Å²) in [5.74, 6) is 0. The highest BCUT2D eigenvalue weighted by Gasteiger charge is 2.07. The lowest BCUT2D eigenvalue weighted by Gasteiger charge is -2.11. The molecule has 110 valence electrons. The molecule has 0 saturated heterocycles. The van der Waals surface area contributed by atoms with Crippen molar-refractivity contribution in [2.75, 3.05) is 11.6 Å². The summed E-state index contributed by atoms with van der Waals surface area (Å²) in [4.78, 5) is 12.9. The van der Waals surface area contributed by atoms with Gasteiger partial charge in [0, 0.05) is 21.5 Å². The molecular formula is C15H14Cl2N2OS. The summed E-state index contributed by atoms with van der Waals surface area (Å²) in [6.07, 6.45) is 1.96. The van der Waals surface area contributed by atoms with E-state index in [2.05, 4.69) is 10.6 Å². The van der Waals surface area contributed by atoms with Crippen LogP contribution < -0.4 is 10.6 Å². The second-order valence-corrected chi connectivity index (χ2v) is 5.94. The molecule has 0 bridgehead atoms. The largest absolute Gasteiger partial charge is 0.334 e. The summed E-state index contributed by atoms with van der Waals surface area (Å²) in [5, 5.41) is 6.70. The van der Waals surface area contributed by atoms with Gasteiger partial charge in [-0.2, -0.15) is 0 Å². The maximum atomic E-state index is 11.9. The third-order valence-corrected chi connectivity index (χ3v) is 4.19. The molecule has 0 saturated carbocycles. The van der Waals surface area contributed by atoms with Crippen LogP contribution in [0.1, 0.15) is 5.56 Å². The van der Waals surface area contributed by atoms with Gasteiger partial charge in [-0.15, -0.1) is 11.8 Å². The van der Waals surface area contributed by atoms with Crippen LogP contribution >= 0.6 is 35.0 Å². The summed E-state index contributed by atoms with van der Waals surface area (Å²) in [7, 11) is 0. The number of amides is 2. The van der Waals surface area contributed by atoms with Crippen molar-refractivity contribution in [3.63, 3.8) is 0 Å². The van der Waals surface area contributed by atoms with Crippen LogP contribution in [0.15, 0.2) is 47.4 Å². The van der Waals surface area contributed by atoms with Crippen molar-refractivity contribution in [1.82, 2.24) is 5.32 Å². The van der Waals surface area contributed by atoms with Crippen molar-refractivity contribution in [3.8, 4) is 0 Å². The summed E-state index contributed by atoms with van der Waals surface area (Å²) in [6.45, 7) is 0.337. The van der Waals surface area contributed by atoms with Gasteiger partial charge in [0.15, 0.2) is 0 Å². The summed E-state index contributed by atoms with van der Waals surface area (Å²) >= 11 is 13.5. The van der Waals surface area contributed by atoms with Crippen LogP contribution in [0.2, 0.25) is 10.0 Å². The van der Waals surface area contributed by atoms with Crippen molar-refractivity contribution >= 4 is 46.7 Å². The van der Waals surface area contributed by atoms with Crippen LogP contribution in [0.4, 0.5) is 10.5 Å². The standard InChI is InChI=1S/C15H14Cl2N2OS/c1-21-14-5-3-2-4-13(14)19-15(20)18-9-10-6-7-11(16)8-12(10)17/h2-8H,9H2,1H3,(H2,18,19,20). The molecule has 0 aromatic heterocycles. The first kappa shape index (κ1) is 16.0. The average molecular weight is 341 g/mol. The van der Waals surface area contributed by atoms with Crippen molar-refractivity contribution in [3.05, 3.63) is 58.1 Å². The van der Waals surface area contributed by atoms with Gasteiger partial charge in [-0.05, 0) is 36.1 Å². The topological polar surface area (TPSA) is 41.1 Å². The van der Waals surface area contributed by atoms with E-state index in [-0.39, 0.29) is 6.03 Å². The minimum Gasteiger partial charge on any atom is -0.334 e. The number of hydrogen-bond donors (Lipinski definition) is 2. The highest BCUT2D eigenvalue weighted by atomic mass is 35.5. The quantitative estimate of drug-likeness (QED) is 0.765. The molecule has 2 aromatic rings. The highest BCUT2D eigenvalue weighted by molar-refractivity contribution is 7.98. The number of hydrogen-bond acceptors (Lipinski definition) is 2. The van der Waals surface area contributed by atoms with E-state index in [4.69, 9.17) is 23.2 Å². The van der Waals surface area contributed by atoms with Crippen LogP contribution in [0.5, 0.6) is 0 Å². The molecule has 0 radical (unpaired) electrons. The fraction of sp³-hybridized carbons (Fsp3) is 0.133. The molecule has 0 spiro atoms. The summed E-state index contributed by atoms with van der Waals surface area (Å²) in [5.41, 5.74) is 1.60. The molecule has 0 aliphatic rings. The Hall–Kier alpha value is -1.36. The first-order chi connectivity index (χ1) is 10.1. The number of benzene rings is 2. The zero-order valence-corrected chi connectivity index (χ0v) is 13.6. The molecule has 21 heavy (non-hydrogen) atoms. The monoisotopic (exact) mass is 340 g/mol. The predicted octanol–water partition coefficient (Wildman–Crippen LogP) is 5.04. The Morgan fingerprint density at radius 2 is 1.95 bits per heavy atom.